The van der Waals surface area contributed by atoms with E-state index in [1.165, 1.54) is 5.56 Å². The summed E-state index contributed by atoms with van der Waals surface area (Å²) < 4.78 is 10.6. The van der Waals surface area contributed by atoms with Gasteiger partial charge in [0.15, 0.2) is 5.82 Å². The van der Waals surface area contributed by atoms with Crippen LogP contribution in [0.3, 0.4) is 0 Å². The van der Waals surface area contributed by atoms with Gasteiger partial charge < -0.3 is 13.9 Å². The Morgan fingerprint density at radius 2 is 1.94 bits per heavy atom. The summed E-state index contributed by atoms with van der Waals surface area (Å²) in [6, 6.07) is 10.5. The van der Waals surface area contributed by atoms with Crippen LogP contribution in [0.5, 0.6) is 0 Å². The molecule has 2 atom stereocenters. The van der Waals surface area contributed by atoms with E-state index in [1.54, 1.807) is 0 Å². The van der Waals surface area contributed by atoms with Crippen molar-refractivity contribution >= 4 is 5.91 Å². The fourth-order valence-corrected chi connectivity index (χ4v) is 5.37. The van der Waals surface area contributed by atoms with Crippen molar-refractivity contribution in [1.82, 2.24) is 25.1 Å². The van der Waals surface area contributed by atoms with E-state index in [9.17, 15) is 4.79 Å². The van der Waals surface area contributed by atoms with Crippen molar-refractivity contribution in [3.63, 3.8) is 0 Å². The highest BCUT2D eigenvalue weighted by molar-refractivity contribution is 5.79. The minimum atomic E-state index is -0.320. The molecule has 2 saturated heterocycles. The number of amides is 1. The second kappa shape index (κ2) is 8.16. The number of hydrogen-bond acceptors (Lipinski definition) is 7. The van der Waals surface area contributed by atoms with Crippen LogP contribution in [0.15, 0.2) is 39.4 Å². The topological polar surface area (TPSA) is 88.5 Å². The molecule has 0 aliphatic carbocycles. The van der Waals surface area contributed by atoms with Crippen molar-refractivity contribution in [1.29, 1.82) is 0 Å². The monoisotopic (exact) mass is 435 g/mol. The smallest absolute Gasteiger partial charge is 0.227 e. The van der Waals surface area contributed by atoms with Crippen LogP contribution in [0, 0.1) is 26.7 Å². The zero-order valence-electron chi connectivity index (χ0n) is 18.9. The molecule has 0 bridgehead atoms. The number of piperidine rings is 1. The summed E-state index contributed by atoms with van der Waals surface area (Å²) in [6.07, 6.45) is 1.23. The summed E-state index contributed by atoms with van der Waals surface area (Å²) in [7, 11) is 0. The molecule has 4 heterocycles. The van der Waals surface area contributed by atoms with Gasteiger partial charge in [0.25, 0.3) is 0 Å². The Morgan fingerprint density at radius 3 is 2.62 bits per heavy atom. The van der Waals surface area contributed by atoms with E-state index >= 15 is 0 Å². The first-order valence-electron chi connectivity index (χ1n) is 11.2. The molecule has 5 rings (SSSR count). The number of benzene rings is 1. The minimum absolute atomic E-state index is 0.0963. The van der Waals surface area contributed by atoms with Gasteiger partial charge in [-0.15, -0.1) is 0 Å². The molecule has 3 aromatic rings. The highest BCUT2D eigenvalue weighted by Gasteiger charge is 2.54. The van der Waals surface area contributed by atoms with Gasteiger partial charge >= 0.3 is 0 Å². The third kappa shape index (κ3) is 3.72. The number of fused-ring (bicyclic) bond motifs is 1. The van der Waals surface area contributed by atoms with Gasteiger partial charge in [0.1, 0.15) is 5.76 Å². The molecule has 8 nitrogen and oxygen atoms in total. The van der Waals surface area contributed by atoms with Gasteiger partial charge in [-0.25, -0.2) is 0 Å². The average Bonchev–Trinajstić information content (AvgIpc) is 3.47. The highest BCUT2D eigenvalue weighted by atomic mass is 16.5. The van der Waals surface area contributed by atoms with E-state index < -0.39 is 0 Å². The van der Waals surface area contributed by atoms with Gasteiger partial charge in [0.2, 0.25) is 11.8 Å². The van der Waals surface area contributed by atoms with Crippen LogP contribution in [0.4, 0.5) is 0 Å². The summed E-state index contributed by atoms with van der Waals surface area (Å²) in [5.41, 5.74) is 2.64. The lowest BCUT2D eigenvalue weighted by atomic mass is 9.72. The quantitative estimate of drug-likeness (QED) is 0.609. The van der Waals surface area contributed by atoms with Crippen molar-refractivity contribution in [2.24, 2.45) is 5.92 Å². The predicted molar refractivity (Wildman–Crippen MR) is 117 cm³/mol. The molecular formula is C24H29N5O3. The Kier molecular flexibility index (Phi) is 5.33. The van der Waals surface area contributed by atoms with Gasteiger partial charge in [-0.2, -0.15) is 4.98 Å². The van der Waals surface area contributed by atoms with Gasteiger partial charge in [0.05, 0.1) is 17.5 Å². The van der Waals surface area contributed by atoms with Crippen molar-refractivity contribution in [3.05, 3.63) is 64.6 Å². The number of carbonyl (C=O) groups is 1. The Morgan fingerprint density at radius 1 is 1.12 bits per heavy atom. The van der Waals surface area contributed by atoms with E-state index in [0.29, 0.717) is 30.5 Å². The maximum atomic E-state index is 13.3. The van der Waals surface area contributed by atoms with Crippen LogP contribution in [0.1, 0.15) is 40.7 Å². The van der Waals surface area contributed by atoms with Gasteiger partial charge in [-0.3, -0.25) is 9.69 Å². The SMILES string of the molecule is Cc1nc([C@@]23CN(Cc4ccccc4)C[C@@H]2CCN(C(=O)Cc2c(C)noc2C)C3)no1. The molecule has 0 N–H and O–H groups in total. The van der Waals surface area contributed by atoms with Crippen molar-refractivity contribution < 1.29 is 13.8 Å². The molecule has 8 heteroatoms. The number of nitrogens with zero attached hydrogens (tertiary/aromatic N) is 5. The number of hydrogen-bond donors (Lipinski definition) is 0. The predicted octanol–water partition coefficient (Wildman–Crippen LogP) is 2.83. The standard InChI is InChI=1S/C24H29N5O3/c1-16-21(17(2)31-26-16)11-22(30)29-10-9-20-13-28(12-19-7-5-4-6-8-19)14-24(20,15-29)23-25-18(3)32-27-23/h4-8,20H,9-15H2,1-3H3/t20-,24+/m0/s1. The lowest BCUT2D eigenvalue weighted by Crippen LogP contribution is -2.54. The lowest BCUT2D eigenvalue weighted by Gasteiger charge is -2.42. The Labute approximate surface area is 187 Å². The largest absolute Gasteiger partial charge is 0.361 e. The van der Waals surface area contributed by atoms with Crippen LogP contribution in [-0.4, -0.2) is 57.2 Å². The minimum Gasteiger partial charge on any atom is -0.361 e. The maximum absolute atomic E-state index is 13.3. The summed E-state index contributed by atoms with van der Waals surface area (Å²) >= 11 is 0. The third-order valence-electron chi connectivity index (χ3n) is 7.07. The van der Waals surface area contributed by atoms with Crippen LogP contribution in [-0.2, 0) is 23.2 Å². The van der Waals surface area contributed by atoms with Crippen LogP contribution in [0.25, 0.3) is 0 Å². The number of rotatable bonds is 5. The van der Waals surface area contributed by atoms with Crippen molar-refractivity contribution in [2.75, 3.05) is 26.2 Å². The molecule has 2 aromatic heterocycles. The molecule has 0 radical (unpaired) electrons. The van der Waals surface area contributed by atoms with Gasteiger partial charge in [-0.05, 0) is 31.7 Å². The zero-order valence-corrected chi connectivity index (χ0v) is 18.9. The van der Waals surface area contributed by atoms with Crippen LogP contribution >= 0.6 is 0 Å². The molecule has 2 aliphatic heterocycles. The number of likely N-dealkylation sites (tertiary alicyclic amines) is 2. The van der Waals surface area contributed by atoms with E-state index in [0.717, 1.165) is 49.7 Å². The first-order valence-corrected chi connectivity index (χ1v) is 11.2. The molecule has 0 saturated carbocycles. The molecule has 1 amide bonds. The van der Waals surface area contributed by atoms with E-state index in [-0.39, 0.29) is 11.3 Å². The van der Waals surface area contributed by atoms with Gasteiger partial charge in [0, 0.05) is 45.2 Å². The average molecular weight is 436 g/mol. The lowest BCUT2D eigenvalue weighted by molar-refractivity contribution is -0.133. The summed E-state index contributed by atoms with van der Waals surface area (Å²) in [5.74, 6) is 2.48. The summed E-state index contributed by atoms with van der Waals surface area (Å²) in [4.78, 5) is 22.4. The van der Waals surface area contributed by atoms with E-state index in [1.807, 2.05) is 31.7 Å². The van der Waals surface area contributed by atoms with Gasteiger partial charge in [-0.1, -0.05) is 40.6 Å². The fourth-order valence-electron chi connectivity index (χ4n) is 5.37. The van der Waals surface area contributed by atoms with Crippen LogP contribution in [0.2, 0.25) is 0 Å². The van der Waals surface area contributed by atoms with E-state index in [2.05, 4.69) is 44.5 Å². The third-order valence-corrected chi connectivity index (χ3v) is 7.07. The van der Waals surface area contributed by atoms with E-state index in [4.69, 9.17) is 9.05 Å². The number of carbonyl (C=O) groups excluding carboxylic acids is 1. The van der Waals surface area contributed by atoms with Crippen molar-refractivity contribution in [3.8, 4) is 0 Å². The molecular weight excluding hydrogens is 406 g/mol. The molecule has 0 spiro atoms. The molecule has 0 unspecified atom stereocenters. The normalized spacial score (nSPS) is 23.5. The van der Waals surface area contributed by atoms with Crippen molar-refractivity contribution in [2.45, 2.75) is 45.6 Å². The fraction of sp³-hybridized carbons (Fsp3) is 0.500. The Balaban J connectivity index is 1.40. The second-order valence-electron chi connectivity index (χ2n) is 9.23. The molecule has 2 aliphatic rings. The first kappa shape index (κ1) is 20.9. The molecule has 1 aromatic carbocycles. The molecule has 168 valence electrons. The Hall–Kier alpha value is -3.00. The zero-order chi connectivity index (χ0) is 22.3. The summed E-state index contributed by atoms with van der Waals surface area (Å²) in [6.45, 7) is 9.55. The van der Waals surface area contributed by atoms with Crippen LogP contribution < -0.4 is 0 Å². The second-order valence-corrected chi connectivity index (χ2v) is 9.23. The number of aryl methyl sites for hydroxylation is 3. The number of aromatic nitrogens is 3. The highest BCUT2D eigenvalue weighted by Crippen LogP contribution is 2.44. The molecule has 2 fully saturated rings. The molecule has 32 heavy (non-hydrogen) atoms. The first-order chi connectivity index (χ1) is 15.4. The summed E-state index contributed by atoms with van der Waals surface area (Å²) in [5, 5.41) is 8.33. The maximum Gasteiger partial charge on any atom is 0.227 e. The Bertz CT molecular complexity index is 1090.